The highest BCUT2D eigenvalue weighted by Gasteiger charge is 2.48. The average Bonchev–Trinajstić information content (AvgIpc) is 2.37. The number of rotatable bonds is 5. The molecule has 1 aromatic carbocycles. The number of esters is 1. The summed E-state index contributed by atoms with van der Waals surface area (Å²) in [5.74, 6) is -7.71. The molecule has 104 valence electrons. The quantitative estimate of drug-likeness (QED) is 0.663. The van der Waals surface area contributed by atoms with Crippen LogP contribution in [0.25, 0.3) is 0 Å². The molecule has 1 rings (SSSR count). The van der Waals surface area contributed by atoms with Crippen LogP contribution < -0.4 is 5.32 Å². The highest BCUT2D eigenvalue weighted by atomic mass is 79.9. The van der Waals surface area contributed by atoms with Crippen LogP contribution in [0.2, 0.25) is 0 Å². The average molecular weight is 336 g/mol. The second-order valence-electron chi connectivity index (χ2n) is 3.57. The Hall–Kier alpha value is -1.50. The number of hydrogen-bond donors (Lipinski definition) is 1. The van der Waals surface area contributed by atoms with E-state index in [0.717, 1.165) is 0 Å². The van der Waals surface area contributed by atoms with E-state index in [1.807, 2.05) is 5.32 Å². The molecule has 0 saturated heterocycles. The van der Waals surface area contributed by atoms with Gasteiger partial charge in [0.25, 0.3) is 0 Å². The molecule has 4 nitrogen and oxygen atoms in total. The van der Waals surface area contributed by atoms with Gasteiger partial charge in [-0.2, -0.15) is 8.78 Å². The first-order valence-electron chi connectivity index (χ1n) is 5.46. The molecule has 0 fully saturated rings. The predicted molar refractivity (Wildman–Crippen MR) is 67.6 cm³/mol. The Morgan fingerprint density at radius 3 is 2.58 bits per heavy atom. The van der Waals surface area contributed by atoms with Crippen LogP contribution in [0.5, 0.6) is 0 Å². The Bertz CT molecular complexity index is 480. The number of hydrogen-bond acceptors (Lipinski definition) is 3. The van der Waals surface area contributed by atoms with Gasteiger partial charge in [-0.25, -0.2) is 4.79 Å². The van der Waals surface area contributed by atoms with E-state index in [9.17, 15) is 18.4 Å². The second kappa shape index (κ2) is 6.60. The highest BCUT2D eigenvalue weighted by molar-refractivity contribution is 9.10. The van der Waals surface area contributed by atoms with Crippen LogP contribution in [0.3, 0.4) is 0 Å². The van der Waals surface area contributed by atoms with Gasteiger partial charge in [-0.3, -0.25) is 4.79 Å². The SMILES string of the molecule is CCOC(=O)C(F)(F)C(=O)NCc1ccccc1Br. The van der Waals surface area contributed by atoms with E-state index in [-0.39, 0.29) is 13.2 Å². The third-order valence-corrected chi connectivity index (χ3v) is 2.99. The zero-order chi connectivity index (χ0) is 14.5. The molecular weight excluding hydrogens is 324 g/mol. The Morgan fingerprint density at radius 1 is 1.37 bits per heavy atom. The van der Waals surface area contributed by atoms with Gasteiger partial charge in [0.15, 0.2) is 0 Å². The first kappa shape index (κ1) is 15.6. The van der Waals surface area contributed by atoms with Crippen molar-refractivity contribution in [1.82, 2.24) is 5.32 Å². The molecule has 0 radical (unpaired) electrons. The molecule has 0 saturated carbocycles. The van der Waals surface area contributed by atoms with Crippen molar-refractivity contribution in [1.29, 1.82) is 0 Å². The highest BCUT2D eigenvalue weighted by Crippen LogP contribution is 2.18. The number of carbonyl (C=O) groups excluding carboxylic acids is 2. The summed E-state index contributed by atoms with van der Waals surface area (Å²) in [7, 11) is 0. The van der Waals surface area contributed by atoms with Crippen molar-refractivity contribution in [3.63, 3.8) is 0 Å². The summed E-state index contributed by atoms with van der Waals surface area (Å²) < 4.78 is 31.4. The van der Waals surface area contributed by atoms with Crippen molar-refractivity contribution in [3.8, 4) is 0 Å². The largest absolute Gasteiger partial charge is 0.461 e. The summed E-state index contributed by atoms with van der Waals surface area (Å²) >= 11 is 3.22. The normalized spacial score (nSPS) is 10.9. The first-order chi connectivity index (χ1) is 8.89. The van der Waals surface area contributed by atoms with Crippen molar-refractivity contribution in [3.05, 3.63) is 34.3 Å². The molecule has 0 aliphatic heterocycles. The van der Waals surface area contributed by atoms with Gasteiger partial charge < -0.3 is 10.1 Å². The molecule has 0 aliphatic rings. The standard InChI is InChI=1S/C12H12BrF2NO3/c1-2-19-11(18)12(14,15)10(17)16-7-8-5-3-4-6-9(8)13/h3-6H,2,7H2,1H3,(H,16,17). The molecule has 7 heteroatoms. The van der Waals surface area contributed by atoms with Crippen molar-refractivity contribution >= 4 is 27.8 Å². The smallest absolute Gasteiger partial charge is 0.418 e. The zero-order valence-corrected chi connectivity index (χ0v) is 11.7. The lowest BCUT2D eigenvalue weighted by molar-refractivity contribution is -0.177. The summed E-state index contributed by atoms with van der Waals surface area (Å²) in [4.78, 5) is 22.2. The lowest BCUT2D eigenvalue weighted by Crippen LogP contribution is -2.46. The topological polar surface area (TPSA) is 55.4 Å². The Kier molecular flexibility index (Phi) is 5.41. The van der Waals surface area contributed by atoms with E-state index in [1.165, 1.54) is 6.92 Å². The maximum atomic E-state index is 13.3. The van der Waals surface area contributed by atoms with E-state index < -0.39 is 17.8 Å². The lowest BCUT2D eigenvalue weighted by Gasteiger charge is -2.14. The van der Waals surface area contributed by atoms with E-state index in [1.54, 1.807) is 24.3 Å². The Labute approximate surface area is 117 Å². The molecule has 0 atom stereocenters. The zero-order valence-electron chi connectivity index (χ0n) is 10.1. The molecule has 19 heavy (non-hydrogen) atoms. The molecule has 0 spiro atoms. The van der Waals surface area contributed by atoms with E-state index in [4.69, 9.17) is 0 Å². The summed E-state index contributed by atoms with van der Waals surface area (Å²) in [6.07, 6.45) is 0. The number of halogens is 3. The van der Waals surface area contributed by atoms with Crippen LogP contribution in [-0.2, 0) is 20.9 Å². The number of ether oxygens (including phenoxy) is 1. The first-order valence-corrected chi connectivity index (χ1v) is 6.25. The molecule has 0 bridgehead atoms. The predicted octanol–water partition coefficient (Wildman–Crippen LogP) is 2.26. The molecule has 1 amide bonds. The fourth-order valence-corrected chi connectivity index (χ4v) is 1.67. The van der Waals surface area contributed by atoms with Gasteiger partial charge in [-0.05, 0) is 18.6 Å². The van der Waals surface area contributed by atoms with Gasteiger partial charge >= 0.3 is 17.8 Å². The number of nitrogens with one attached hydrogen (secondary N) is 1. The van der Waals surface area contributed by atoms with Gasteiger partial charge in [0, 0.05) is 11.0 Å². The Morgan fingerprint density at radius 2 is 2.00 bits per heavy atom. The molecule has 0 heterocycles. The fourth-order valence-electron chi connectivity index (χ4n) is 1.24. The summed E-state index contributed by atoms with van der Waals surface area (Å²) in [6, 6.07) is 6.83. The summed E-state index contributed by atoms with van der Waals surface area (Å²) in [5.41, 5.74) is 0.621. The molecule has 0 aromatic heterocycles. The fraction of sp³-hybridized carbons (Fsp3) is 0.333. The number of benzene rings is 1. The van der Waals surface area contributed by atoms with Crippen molar-refractivity contribution in [2.24, 2.45) is 0 Å². The van der Waals surface area contributed by atoms with Crippen LogP contribution in [0.4, 0.5) is 8.78 Å². The monoisotopic (exact) mass is 335 g/mol. The summed E-state index contributed by atoms with van der Waals surface area (Å²) in [6.45, 7) is 1.05. The van der Waals surface area contributed by atoms with Crippen molar-refractivity contribution < 1.29 is 23.1 Å². The van der Waals surface area contributed by atoms with Crippen LogP contribution in [0.1, 0.15) is 12.5 Å². The van der Waals surface area contributed by atoms with Gasteiger partial charge in [0.2, 0.25) is 0 Å². The molecular formula is C12H12BrF2NO3. The molecule has 0 unspecified atom stereocenters. The van der Waals surface area contributed by atoms with Gasteiger partial charge in [-0.1, -0.05) is 34.1 Å². The minimum Gasteiger partial charge on any atom is -0.461 e. The van der Waals surface area contributed by atoms with Gasteiger partial charge in [0.1, 0.15) is 0 Å². The summed E-state index contributed by atoms with van der Waals surface area (Å²) in [5, 5.41) is 2.00. The van der Waals surface area contributed by atoms with E-state index in [0.29, 0.717) is 10.0 Å². The number of alkyl halides is 2. The van der Waals surface area contributed by atoms with Crippen LogP contribution in [0.15, 0.2) is 28.7 Å². The third kappa shape index (κ3) is 3.99. The van der Waals surface area contributed by atoms with Crippen molar-refractivity contribution in [2.45, 2.75) is 19.4 Å². The van der Waals surface area contributed by atoms with Crippen LogP contribution in [-0.4, -0.2) is 24.4 Å². The van der Waals surface area contributed by atoms with E-state index in [2.05, 4.69) is 20.7 Å². The van der Waals surface area contributed by atoms with Crippen LogP contribution >= 0.6 is 15.9 Å². The number of amides is 1. The van der Waals surface area contributed by atoms with Crippen LogP contribution in [0, 0.1) is 0 Å². The minimum atomic E-state index is -4.18. The minimum absolute atomic E-state index is 0.116. The third-order valence-electron chi connectivity index (χ3n) is 2.21. The van der Waals surface area contributed by atoms with Gasteiger partial charge in [-0.15, -0.1) is 0 Å². The second-order valence-corrected chi connectivity index (χ2v) is 4.42. The molecule has 1 aromatic rings. The van der Waals surface area contributed by atoms with Crippen molar-refractivity contribution in [2.75, 3.05) is 6.61 Å². The maximum Gasteiger partial charge on any atom is 0.418 e. The lowest BCUT2D eigenvalue weighted by atomic mass is 10.2. The van der Waals surface area contributed by atoms with E-state index >= 15 is 0 Å². The molecule has 1 N–H and O–H groups in total. The maximum absolute atomic E-state index is 13.3. The Balaban J connectivity index is 2.65. The molecule has 0 aliphatic carbocycles. The number of carbonyl (C=O) groups is 2. The van der Waals surface area contributed by atoms with Gasteiger partial charge in [0.05, 0.1) is 6.61 Å².